The summed E-state index contributed by atoms with van der Waals surface area (Å²) >= 11 is 0. The summed E-state index contributed by atoms with van der Waals surface area (Å²) in [5.74, 6) is -0.391. The molecule has 154 valence electrons. The van der Waals surface area contributed by atoms with Crippen LogP contribution >= 0.6 is 0 Å². The maximum atomic E-state index is 12.6. The maximum absolute atomic E-state index is 12.6. The second kappa shape index (κ2) is 7.48. The fourth-order valence-electron chi connectivity index (χ4n) is 4.35. The van der Waals surface area contributed by atoms with Crippen molar-refractivity contribution in [2.45, 2.75) is 38.8 Å². The van der Waals surface area contributed by atoms with Gasteiger partial charge in [-0.05, 0) is 54.7 Å². The third-order valence-electron chi connectivity index (χ3n) is 5.89. The highest BCUT2D eigenvalue weighted by atomic mass is 16.5. The topological polar surface area (TPSA) is 90.0 Å². The number of furan rings is 1. The molecule has 2 aromatic heterocycles. The molecule has 1 aliphatic carbocycles. The van der Waals surface area contributed by atoms with Gasteiger partial charge in [-0.25, -0.2) is 4.79 Å². The number of nitrogens with zero attached hydrogens (tertiary/aromatic N) is 1. The average Bonchev–Trinajstić information content (AvgIpc) is 3.46. The number of likely N-dealkylation sites (tertiary alicyclic amines) is 1. The molecule has 3 heterocycles. The lowest BCUT2D eigenvalue weighted by molar-refractivity contribution is -0.149. The van der Waals surface area contributed by atoms with E-state index >= 15 is 0 Å². The van der Waals surface area contributed by atoms with Crippen molar-refractivity contribution in [1.29, 1.82) is 0 Å². The van der Waals surface area contributed by atoms with Crippen LogP contribution < -0.4 is 5.63 Å². The number of fused-ring (bicyclic) bond motifs is 2. The molecule has 1 atom stereocenters. The quantitative estimate of drug-likeness (QED) is 0.477. The molecule has 1 fully saturated rings. The van der Waals surface area contributed by atoms with E-state index in [0.29, 0.717) is 30.0 Å². The summed E-state index contributed by atoms with van der Waals surface area (Å²) in [4.78, 5) is 38.4. The van der Waals surface area contributed by atoms with E-state index in [0.717, 1.165) is 24.6 Å². The molecule has 7 nitrogen and oxygen atoms in total. The Morgan fingerprint density at radius 3 is 2.80 bits per heavy atom. The molecule has 30 heavy (non-hydrogen) atoms. The van der Waals surface area contributed by atoms with Crippen molar-refractivity contribution >= 4 is 22.8 Å². The van der Waals surface area contributed by atoms with Gasteiger partial charge in [-0.15, -0.1) is 0 Å². The van der Waals surface area contributed by atoms with Crippen molar-refractivity contribution in [3.63, 3.8) is 0 Å². The van der Waals surface area contributed by atoms with Crippen molar-refractivity contribution in [3.8, 4) is 0 Å². The Bertz CT molecular complexity index is 1180. The largest absolute Gasteiger partial charge is 0.467 e. The number of ether oxygens (including phenoxy) is 1. The summed E-state index contributed by atoms with van der Waals surface area (Å²) in [6.07, 6.45) is 4.74. The Morgan fingerprint density at radius 1 is 1.17 bits per heavy atom. The molecule has 0 saturated carbocycles. The van der Waals surface area contributed by atoms with Gasteiger partial charge in [0.1, 0.15) is 18.0 Å². The van der Waals surface area contributed by atoms with E-state index in [-0.39, 0.29) is 18.9 Å². The van der Waals surface area contributed by atoms with Gasteiger partial charge < -0.3 is 18.5 Å². The number of carbonyl (C=O) groups is 2. The van der Waals surface area contributed by atoms with Gasteiger partial charge in [-0.3, -0.25) is 9.59 Å². The highest BCUT2D eigenvalue weighted by Gasteiger charge is 2.35. The normalized spacial score (nSPS) is 18.2. The predicted molar refractivity (Wildman–Crippen MR) is 107 cm³/mol. The Morgan fingerprint density at radius 2 is 2.00 bits per heavy atom. The predicted octanol–water partition coefficient (Wildman–Crippen LogP) is 2.97. The van der Waals surface area contributed by atoms with Crippen LogP contribution in [0.1, 0.15) is 35.3 Å². The fourth-order valence-corrected chi connectivity index (χ4v) is 4.35. The molecule has 1 unspecified atom stereocenters. The lowest BCUT2D eigenvalue weighted by Crippen LogP contribution is -2.26. The minimum atomic E-state index is -0.525. The minimum absolute atomic E-state index is 0.0252. The van der Waals surface area contributed by atoms with Gasteiger partial charge in [-0.1, -0.05) is 0 Å². The third-order valence-corrected chi connectivity index (χ3v) is 5.89. The molecular formula is C23H21NO6. The third kappa shape index (κ3) is 3.51. The Hall–Kier alpha value is -3.35. The number of rotatable bonds is 5. The molecule has 1 saturated heterocycles. The second-order valence-corrected chi connectivity index (χ2v) is 7.92. The summed E-state index contributed by atoms with van der Waals surface area (Å²) in [5.41, 5.74) is 3.14. The number of carbonyl (C=O) groups excluding carboxylic acids is 2. The maximum Gasteiger partial charge on any atom is 0.336 e. The number of hydrogen-bond donors (Lipinski definition) is 0. The van der Waals surface area contributed by atoms with Gasteiger partial charge >= 0.3 is 11.6 Å². The fraction of sp³-hybridized carbons (Fsp3) is 0.348. The van der Waals surface area contributed by atoms with Crippen LogP contribution in [0.2, 0.25) is 0 Å². The number of aryl methyl sites for hydroxylation is 2. The molecule has 7 heteroatoms. The molecule has 5 rings (SSSR count). The standard InChI is InChI=1S/C23H21NO6/c25-21-9-16(11-24(21)12-18-5-2-6-28-18)23(27)29-13-17-10-22(26)30-20-8-15-4-1-3-14(15)7-19(17)20/h2,5-8,10,16H,1,3-4,9,11-13H2. The van der Waals surface area contributed by atoms with Gasteiger partial charge in [0, 0.05) is 30.0 Å². The van der Waals surface area contributed by atoms with Crippen LogP contribution in [0.5, 0.6) is 0 Å². The van der Waals surface area contributed by atoms with E-state index in [2.05, 4.69) is 0 Å². The molecule has 0 N–H and O–H groups in total. The first-order chi connectivity index (χ1) is 14.6. The molecule has 0 spiro atoms. The van der Waals surface area contributed by atoms with Crippen LogP contribution in [0.25, 0.3) is 11.0 Å². The Labute approximate surface area is 172 Å². The molecule has 1 amide bonds. The zero-order valence-corrected chi connectivity index (χ0v) is 16.4. The van der Waals surface area contributed by atoms with E-state index in [1.54, 1.807) is 23.3 Å². The molecule has 0 radical (unpaired) electrons. The number of hydrogen-bond acceptors (Lipinski definition) is 6. The number of amides is 1. The van der Waals surface area contributed by atoms with Gasteiger partial charge in [0.05, 0.1) is 18.7 Å². The van der Waals surface area contributed by atoms with Crippen LogP contribution in [0.4, 0.5) is 0 Å². The molecule has 3 aromatic rings. The van der Waals surface area contributed by atoms with Crippen molar-refractivity contribution in [3.05, 3.63) is 69.5 Å². The van der Waals surface area contributed by atoms with Crippen molar-refractivity contribution < 1.29 is 23.2 Å². The Kier molecular flexibility index (Phi) is 4.65. The van der Waals surface area contributed by atoms with Gasteiger partial charge in [0.15, 0.2) is 0 Å². The van der Waals surface area contributed by atoms with E-state index in [9.17, 15) is 14.4 Å². The van der Waals surface area contributed by atoms with Crippen LogP contribution in [-0.4, -0.2) is 23.3 Å². The highest BCUT2D eigenvalue weighted by molar-refractivity contribution is 5.87. The summed E-state index contributed by atoms with van der Waals surface area (Å²) in [7, 11) is 0. The summed E-state index contributed by atoms with van der Waals surface area (Å²) < 4.78 is 16.1. The van der Waals surface area contributed by atoms with E-state index in [1.807, 2.05) is 12.1 Å². The molecule has 1 aromatic carbocycles. The SMILES string of the molecule is O=C(OCc1cc(=O)oc2cc3c(cc12)CCC3)C1CC(=O)N(Cc2ccco2)C1. The van der Waals surface area contributed by atoms with Crippen LogP contribution in [0.15, 0.2) is 50.2 Å². The molecule has 2 aliphatic rings. The minimum Gasteiger partial charge on any atom is -0.467 e. The first-order valence-electron chi connectivity index (χ1n) is 10.1. The first-order valence-corrected chi connectivity index (χ1v) is 10.1. The molecule has 1 aliphatic heterocycles. The van der Waals surface area contributed by atoms with E-state index in [4.69, 9.17) is 13.6 Å². The molecule has 0 bridgehead atoms. The van der Waals surface area contributed by atoms with Gasteiger partial charge in [0.25, 0.3) is 0 Å². The highest BCUT2D eigenvalue weighted by Crippen LogP contribution is 2.29. The summed E-state index contributed by atoms with van der Waals surface area (Å²) in [6, 6.07) is 8.89. The molecular weight excluding hydrogens is 386 g/mol. The van der Waals surface area contributed by atoms with Crippen LogP contribution in [-0.2, 0) is 40.3 Å². The zero-order chi connectivity index (χ0) is 20.7. The van der Waals surface area contributed by atoms with E-state index in [1.165, 1.54) is 17.2 Å². The lowest BCUT2D eigenvalue weighted by Gasteiger charge is -2.15. The van der Waals surface area contributed by atoms with Crippen LogP contribution in [0, 0.1) is 5.92 Å². The average molecular weight is 407 g/mol. The van der Waals surface area contributed by atoms with Crippen molar-refractivity contribution in [2.24, 2.45) is 5.92 Å². The summed E-state index contributed by atoms with van der Waals surface area (Å²) in [6.45, 7) is 0.608. The number of benzene rings is 1. The lowest BCUT2D eigenvalue weighted by atomic mass is 10.0. The van der Waals surface area contributed by atoms with Gasteiger partial charge in [-0.2, -0.15) is 0 Å². The van der Waals surface area contributed by atoms with Crippen molar-refractivity contribution in [1.82, 2.24) is 4.90 Å². The number of esters is 1. The zero-order valence-electron chi connectivity index (χ0n) is 16.4. The van der Waals surface area contributed by atoms with Crippen LogP contribution in [0.3, 0.4) is 0 Å². The smallest absolute Gasteiger partial charge is 0.336 e. The summed E-state index contributed by atoms with van der Waals surface area (Å²) in [5, 5.41) is 0.796. The second-order valence-electron chi connectivity index (χ2n) is 7.92. The monoisotopic (exact) mass is 407 g/mol. The van der Waals surface area contributed by atoms with Crippen molar-refractivity contribution in [2.75, 3.05) is 6.54 Å². The van der Waals surface area contributed by atoms with E-state index < -0.39 is 17.5 Å². The Balaban J connectivity index is 1.29. The van der Waals surface area contributed by atoms with Gasteiger partial charge in [0.2, 0.25) is 5.91 Å². The first kappa shape index (κ1) is 18.7.